The molecule has 5 nitrogen and oxygen atoms in total. The number of nitrogens with zero attached hydrogens (tertiary/aromatic N) is 1. The summed E-state index contributed by atoms with van der Waals surface area (Å²) in [6, 6.07) is 13.1. The molecular weight excluding hydrogens is 312 g/mol. The molecule has 0 bridgehead atoms. The summed E-state index contributed by atoms with van der Waals surface area (Å²) in [5.41, 5.74) is 2.80. The zero-order chi connectivity index (χ0) is 17.0. The lowest BCUT2D eigenvalue weighted by Gasteiger charge is -2.09. The highest BCUT2D eigenvalue weighted by atomic mass is 32.2. The maximum absolute atomic E-state index is 11.9. The molecule has 0 spiro atoms. The van der Waals surface area contributed by atoms with Gasteiger partial charge in [-0.1, -0.05) is 35.9 Å². The second kappa shape index (κ2) is 6.91. The Kier molecular flexibility index (Phi) is 5.15. The number of pyridine rings is 1. The zero-order valence-electron chi connectivity index (χ0n) is 13.4. The number of benzene rings is 1. The number of amides is 1. The molecule has 0 atom stereocenters. The van der Waals surface area contributed by atoms with E-state index in [-0.39, 0.29) is 0 Å². The van der Waals surface area contributed by atoms with Crippen LogP contribution in [0.15, 0.2) is 42.5 Å². The molecule has 1 heterocycles. The molecule has 6 heteroatoms. The van der Waals surface area contributed by atoms with Crippen molar-refractivity contribution in [3.8, 4) is 11.3 Å². The number of carbonyl (C=O) groups excluding carboxylic acids is 1. The van der Waals surface area contributed by atoms with Crippen LogP contribution < -0.4 is 5.32 Å². The van der Waals surface area contributed by atoms with Gasteiger partial charge in [-0.25, -0.2) is 13.4 Å². The fourth-order valence-corrected chi connectivity index (χ4v) is 2.69. The molecule has 0 saturated heterocycles. The predicted octanol–water partition coefficient (Wildman–Crippen LogP) is 2.82. The molecule has 1 N–H and O–H groups in total. The highest BCUT2D eigenvalue weighted by molar-refractivity contribution is 7.92. The summed E-state index contributed by atoms with van der Waals surface area (Å²) >= 11 is 0. The lowest BCUT2D eigenvalue weighted by Crippen LogP contribution is -2.28. The van der Waals surface area contributed by atoms with Gasteiger partial charge in [-0.2, -0.15) is 0 Å². The van der Waals surface area contributed by atoms with Crippen LogP contribution in [0, 0.1) is 6.92 Å². The van der Waals surface area contributed by atoms with Crippen LogP contribution in [0.2, 0.25) is 0 Å². The van der Waals surface area contributed by atoms with E-state index in [0.717, 1.165) is 16.8 Å². The summed E-state index contributed by atoms with van der Waals surface area (Å²) in [5.74, 6) is -0.777. The number of anilines is 1. The van der Waals surface area contributed by atoms with Gasteiger partial charge in [0.15, 0.2) is 9.84 Å². The van der Waals surface area contributed by atoms with Gasteiger partial charge in [0, 0.05) is 5.56 Å². The Hall–Kier alpha value is -2.21. The molecule has 1 aromatic carbocycles. The van der Waals surface area contributed by atoms with Crippen LogP contribution in [-0.2, 0) is 14.6 Å². The maximum Gasteiger partial charge on any atom is 0.240 e. The van der Waals surface area contributed by atoms with Gasteiger partial charge in [0.1, 0.15) is 11.6 Å². The van der Waals surface area contributed by atoms with E-state index in [1.807, 2.05) is 37.3 Å². The monoisotopic (exact) mass is 332 g/mol. The number of nitrogens with one attached hydrogen (secondary N) is 1. The molecule has 1 aromatic heterocycles. The largest absolute Gasteiger partial charge is 0.310 e. The molecule has 0 aliphatic carbocycles. The van der Waals surface area contributed by atoms with Gasteiger partial charge < -0.3 is 5.32 Å². The molecule has 2 rings (SSSR count). The van der Waals surface area contributed by atoms with Crippen LogP contribution >= 0.6 is 0 Å². The van der Waals surface area contributed by atoms with E-state index in [1.165, 1.54) is 0 Å². The third kappa shape index (κ3) is 4.63. The number of hydrogen-bond donors (Lipinski definition) is 1. The SMILES string of the molecule is Cc1ccc(-c2cccc(NC(=O)CS(=O)(=O)C(C)C)n2)cc1. The third-order valence-electron chi connectivity index (χ3n) is 3.41. The number of aryl methyl sites for hydroxylation is 1. The minimum atomic E-state index is -3.42. The molecular formula is C17H20N2O3S. The Morgan fingerprint density at radius 2 is 1.78 bits per heavy atom. The van der Waals surface area contributed by atoms with Gasteiger partial charge in [-0.15, -0.1) is 0 Å². The van der Waals surface area contributed by atoms with E-state index in [0.29, 0.717) is 5.82 Å². The van der Waals surface area contributed by atoms with Crippen molar-refractivity contribution in [2.75, 3.05) is 11.1 Å². The lowest BCUT2D eigenvalue weighted by atomic mass is 10.1. The molecule has 0 aliphatic rings. The third-order valence-corrected chi connectivity index (χ3v) is 5.52. The van der Waals surface area contributed by atoms with E-state index in [4.69, 9.17) is 0 Å². The molecule has 0 radical (unpaired) electrons. The number of hydrogen-bond acceptors (Lipinski definition) is 4. The first-order valence-electron chi connectivity index (χ1n) is 7.33. The van der Waals surface area contributed by atoms with E-state index in [1.54, 1.807) is 26.0 Å². The van der Waals surface area contributed by atoms with Gasteiger partial charge >= 0.3 is 0 Å². The van der Waals surface area contributed by atoms with Gasteiger partial charge in [0.05, 0.1) is 10.9 Å². The molecule has 23 heavy (non-hydrogen) atoms. The Bertz CT molecular complexity index is 797. The molecule has 0 aliphatic heterocycles. The molecule has 0 unspecified atom stereocenters. The van der Waals surface area contributed by atoms with E-state index in [2.05, 4.69) is 10.3 Å². The van der Waals surface area contributed by atoms with Gasteiger partial charge in [0.2, 0.25) is 5.91 Å². The van der Waals surface area contributed by atoms with Gasteiger partial charge in [-0.05, 0) is 32.9 Å². The second-order valence-electron chi connectivity index (χ2n) is 5.68. The highest BCUT2D eigenvalue weighted by Crippen LogP contribution is 2.19. The minimum Gasteiger partial charge on any atom is -0.310 e. The normalized spacial score (nSPS) is 11.5. The number of aromatic nitrogens is 1. The fraction of sp³-hybridized carbons (Fsp3) is 0.294. The molecule has 0 saturated carbocycles. The van der Waals surface area contributed by atoms with Crippen molar-refractivity contribution in [2.45, 2.75) is 26.0 Å². The summed E-state index contributed by atoms with van der Waals surface area (Å²) in [5, 5.41) is 1.96. The van der Waals surface area contributed by atoms with Crippen molar-refractivity contribution < 1.29 is 13.2 Å². The Labute approximate surface area is 136 Å². The summed E-state index contributed by atoms with van der Waals surface area (Å²) in [6.07, 6.45) is 0. The Morgan fingerprint density at radius 3 is 2.39 bits per heavy atom. The van der Waals surface area contributed by atoms with E-state index in [9.17, 15) is 13.2 Å². The van der Waals surface area contributed by atoms with Gasteiger partial charge in [0.25, 0.3) is 0 Å². The van der Waals surface area contributed by atoms with E-state index < -0.39 is 26.7 Å². The number of rotatable bonds is 5. The first-order valence-corrected chi connectivity index (χ1v) is 9.05. The van der Waals surface area contributed by atoms with Crippen LogP contribution in [0.5, 0.6) is 0 Å². The number of sulfone groups is 1. The highest BCUT2D eigenvalue weighted by Gasteiger charge is 2.20. The zero-order valence-corrected chi connectivity index (χ0v) is 14.2. The summed E-state index contributed by atoms with van der Waals surface area (Å²) in [4.78, 5) is 16.3. The fourth-order valence-electron chi connectivity index (χ4n) is 1.92. The van der Waals surface area contributed by atoms with Crippen LogP contribution in [0.1, 0.15) is 19.4 Å². The quantitative estimate of drug-likeness (QED) is 0.913. The number of carbonyl (C=O) groups is 1. The second-order valence-corrected chi connectivity index (χ2v) is 8.24. The maximum atomic E-state index is 11.9. The van der Waals surface area contributed by atoms with Gasteiger partial charge in [-0.3, -0.25) is 4.79 Å². The van der Waals surface area contributed by atoms with Crippen LogP contribution in [0.3, 0.4) is 0 Å². The smallest absolute Gasteiger partial charge is 0.240 e. The molecule has 122 valence electrons. The van der Waals surface area contributed by atoms with Crippen molar-refractivity contribution in [3.05, 3.63) is 48.0 Å². The summed E-state index contributed by atoms with van der Waals surface area (Å²) < 4.78 is 23.5. The standard InChI is InChI=1S/C17H20N2O3S/c1-12(2)23(21,22)11-17(20)19-16-6-4-5-15(18-16)14-9-7-13(3)8-10-14/h4-10,12H,11H2,1-3H3,(H,18,19,20). The predicted molar refractivity (Wildman–Crippen MR) is 92.0 cm³/mol. The van der Waals surface area contributed by atoms with Crippen molar-refractivity contribution in [2.24, 2.45) is 0 Å². The molecule has 2 aromatic rings. The molecule has 0 fully saturated rings. The minimum absolute atomic E-state index is 0.340. The van der Waals surface area contributed by atoms with Crippen molar-refractivity contribution in [3.63, 3.8) is 0 Å². The van der Waals surface area contributed by atoms with Crippen molar-refractivity contribution in [1.82, 2.24) is 4.98 Å². The lowest BCUT2D eigenvalue weighted by molar-refractivity contribution is -0.113. The van der Waals surface area contributed by atoms with Crippen LogP contribution in [0.25, 0.3) is 11.3 Å². The Balaban J connectivity index is 2.14. The topological polar surface area (TPSA) is 76.1 Å². The van der Waals surface area contributed by atoms with Crippen LogP contribution in [-0.4, -0.2) is 30.3 Å². The first kappa shape index (κ1) is 17.1. The molecule has 1 amide bonds. The summed E-state index contributed by atoms with van der Waals surface area (Å²) in [6.45, 7) is 5.11. The van der Waals surface area contributed by atoms with Crippen molar-refractivity contribution >= 4 is 21.6 Å². The Morgan fingerprint density at radius 1 is 1.13 bits per heavy atom. The average Bonchev–Trinajstić information content (AvgIpc) is 2.47. The van der Waals surface area contributed by atoms with Crippen molar-refractivity contribution in [1.29, 1.82) is 0 Å². The van der Waals surface area contributed by atoms with Crippen LogP contribution in [0.4, 0.5) is 5.82 Å². The van der Waals surface area contributed by atoms with E-state index >= 15 is 0 Å². The first-order chi connectivity index (χ1) is 10.8. The average molecular weight is 332 g/mol. The summed E-state index contributed by atoms with van der Waals surface area (Å²) in [7, 11) is -3.42.